The van der Waals surface area contributed by atoms with E-state index in [0.717, 1.165) is 7.11 Å². The Morgan fingerprint density at radius 3 is 2.18 bits per heavy atom. The van der Waals surface area contributed by atoms with Gasteiger partial charge < -0.3 is 10.5 Å². The first-order valence-electron chi connectivity index (χ1n) is 2.69. The highest BCUT2D eigenvalue weighted by atomic mass is 16.6. The number of allylic oxidation sites excluding steroid dienone is 1. The van der Waals surface area contributed by atoms with Crippen LogP contribution < -0.4 is 5.73 Å². The van der Waals surface area contributed by atoms with E-state index >= 15 is 0 Å². The van der Waals surface area contributed by atoms with Crippen LogP contribution in [-0.4, -0.2) is 18.0 Å². The smallest absolute Gasteiger partial charge is 0.411 e. The van der Waals surface area contributed by atoms with Crippen molar-refractivity contribution in [2.24, 2.45) is 5.73 Å². The molecule has 0 bridgehead atoms. The van der Waals surface area contributed by atoms with Crippen molar-refractivity contribution in [3.05, 3.63) is 21.5 Å². The lowest BCUT2D eigenvalue weighted by Gasteiger charge is -1.96. The number of ether oxygens (including phenoxy) is 1. The minimum Gasteiger partial charge on any atom is -0.461 e. The molecule has 0 rings (SSSR count). The zero-order chi connectivity index (χ0) is 9.02. The molecule has 0 heterocycles. The van der Waals surface area contributed by atoms with Crippen molar-refractivity contribution in [1.82, 2.24) is 0 Å². The van der Waals surface area contributed by atoms with Gasteiger partial charge in [0.2, 0.25) is 0 Å². The van der Waals surface area contributed by atoms with Crippen LogP contribution in [-0.2, 0) is 9.53 Å². The maximum atomic E-state index is 10.6. The third-order valence-corrected chi connectivity index (χ3v) is 0.935. The van der Waals surface area contributed by atoms with Gasteiger partial charge in [0, 0.05) is 0 Å². The molecule has 0 saturated heterocycles. The van der Waals surface area contributed by atoms with Crippen LogP contribution in [0.15, 0.2) is 11.4 Å². The SMILES string of the molecule is COC(=O)/C(=C(\C)N)[N+](=O)[O-]. The van der Waals surface area contributed by atoms with Crippen LogP contribution in [0.4, 0.5) is 0 Å². The predicted octanol–water partition coefficient (Wildman–Crippen LogP) is -0.374. The summed E-state index contributed by atoms with van der Waals surface area (Å²) in [5.74, 6) is -1.03. The van der Waals surface area contributed by atoms with E-state index in [9.17, 15) is 14.9 Å². The molecule has 0 aliphatic carbocycles. The van der Waals surface area contributed by atoms with Crippen molar-refractivity contribution >= 4 is 5.97 Å². The number of carbonyl (C=O) groups is 1. The Balaban J connectivity index is 4.79. The molecule has 0 spiro atoms. The molecule has 0 aliphatic heterocycles. The monoisotopic (exact) mass is 160 g/mol. The van der Waals surface area contributed by atoms with Crippen molar-refractivity contribution in [3.63, 3.8) is 0 Å². The molecule has 6 nitrogen and oxygen atoms in total. The van der Waals surface area contributed by atoms with Crippen LogP contribution in [0, 0.1) is 10.1 Å². The second-order valence-corrected chi connectivity index (χ2v) is 1.78. The Labute approximate surface area is 62.8 Å². The van der Waals surface area contributed by atoms with Gasteiger partial charge in [-0.1, -0.05) is 0 Å². The molecule has 0 aromatic rings. The lowest BCUT2D eigenvalue weighted by atomic mass is 10.4. The number of hydrogen-bond donors (Lipinski definition) is 1. The molecule has 0 aromatic heterocycles. The Morgan fingerprint density at radius 1 is 1.64 bits per heavy atom. The van der Waals surface area contributed by atoms with Crippen LogP contribution >= 0.6 is 0 Å². The number of methoxy groups -OCH3 is 1. The van der Waals surface area contributed by atoms with E-state index in [2.05, 4.69) is 4.74 Å². The van der Waals surface area contributed by atoms with Gasteiger partial charge in [-0.15, -0.1) is 0 Å². The number of nitrogens with zero attached hydrogens (tertiary/aromatic N) is 1. The number of carbonyl (C=O) groups excluding carboxylic acids is 1. The molecule has 6 heteroatoms. The van der Waals surface area contributed by atoms with E-state index in [1.54, 1.807) is 0 Å². The summed E-state index contributed by atoms with van der Waals surface area (Å²) < 4.78 is 4.12. The van der Waals surface area contributed by atoms with E-state index in [1.807, 2.05) is 0 Å². The third kappa shape index (κ3) is 2.24. The van der Waals surface area contributed by atoms with Gasteiger partial charge in [-0.25, -0.2) is 4.79 Å². The fourth-order valence-electron chi connectivity index (χ4n) is 0.476. The highest BCUT2D eigenvalue weighted by Gasteiger charge is 2.24. The van der Waals surface area contributed by atoms with Gasteiger partial charge in [0.05, 0.1) is 17.7 Å². The second-order valence-electron chi connectivity index (χ2n) is 1.78. The van der Waals surface area contributed by atoms with Crippen LogP contribution in [0.5, 0.6) is 0 Å². The summed E-state index contributed by atoms with van der Waals surface area (Å²) in [6.07, 6.45) is 0. The maximum absolute atomic E-state index is 10.6. The Kier molecular flexibility index (Phi) is 3.03. The van der Waals surface area contributed by atoms with E-state index < -0.39 is 16.6 Å². The van der Waals surface area contributed by atoms with Gasteiger partial charge in [0.15, 0.2) is 0 Å². The molecule has 0 atom stereocenters. The standard InChI is InChI=1S/C5H8N2O4/c1-3(6)4(7(9)10)5(8)11-2/h6H2,1-2H3/b4-3-. The van der Waals surface area contributed by atoms with E-state index in [4.69, 9.17) is 5.73 Å². The topological polar surface area (TPSA) is 95.5 Å². The molecule has 0 aromatic carbocycles. The van der Waals surface area contributed by atoms with E-state index in [-0.39, 0.29) is 5.70 Å². The summed E-state index contributed by atoms with van der Waals surface area (Å²) in [6, 6.07) is 0. The fourth-order valence-corrected chi connectivity index (χ4v) is 0.476. The van der Waals surface area contributed by atoms with E-state index in [1.165, 1.54) is 6.92 Å². The first-order valence-corrected chi connectivity index (χ1v) is 2.69. The van der Waals surface area contributed by atoms with Gasteiger partial charge in [-0.2, -0.15) is 0 Å². The van der Waals surface area contributed by atoms with Gasteiger partial charge >= 0.3 is 11.7 Å². The zero-order valence-electron chi connectivity index (χ0n) is 6.16. The number of esters is 1. The highest BCUT2D eigenvalue weighted by molar-refractivity contribution is 5.86. The van der Waals surface area contributed by atoms with Crippen molar-refractivity contribution in [2.45, 2.75) is 6.92 Å². The summed E-state index contributed by atoms with van der Waals surface area (Å²) in [4.78, 5) is 19.8. The first-order chi connectivity index (χ1) is 5.00. The minimum atomic E-state index is -1.03. The summed E-state index contributed by atoms with van der Waals surface area (Å²) >= 11 is 0. The highest BCUT2D eigenvalue weighted by Crippen LogP contribution is 2.01. The molecule has 0 radical (unpaired) electrons. The van der Waals surface area contributed by atoms with Gasteiger partial charge in [-0.05, 0) is 6.92 Å². The molecular weight excluding hydrogens is 152 g/mol. The average Bonchev–Trinajstić information content (AvgIpc) is 1.85. The molecule has 0 saturated carbocycles. The molecule has 2 N–H and O–H groups in total. The lowest BCUT2D eigenvalue weighted by molar-refractivity contribution is -0.422. The quantitative estimate of drug-likeness (QED) is 0.257. The van der Waals surface area contributed by atoms with Crippen molar-refractivity contribution in [2.75, 3.05) is 7.11 Å². The van der Waals surface area contributed by atoms with Crippen LogP contribution in [0.2, 0.25) is 0 Å². The van der Waals surface area contributed by atoms with Crippen molar-refractivity contribution in [3.8, 4) is 0 Å². The zero-order valence-corrected chi connectivity index (χ0v) is 6.16. The molecule has 0 aliphatic rings. The van der Waals surface area contributed by atoms with Gasteiger partial charge in [0.1, 0.15) is 0 Å². The summed E-state index contributed by atoms with van der Waals surface area (Å²) in [5.41, 5.74) is 4.17. The number of hydrogen-bond acceptors (Lipinski definition) is 5. The third-order valence-electron chi connectivity index (χ3n) is 0.935. The Bertz CT molecular complexity index is 217. The molecule has 11 heavy (non-hydrogen) atoms. The average molecular weight is 160 g/mol. The summed E-state index contributed by atoms with van der Waals surface area (Å²) in [6.45, 7) is 1.26. The molecule has 0 fully saturated rings. The summed E-state index contributed by atoms with van der Waals surface area (Å²) in [7, 11) is 1.05. The molecular formula is C5H8N2O4. The van der Waals surface area contributed by atoms with Gasteiger partial charge in [0.25, 0.3) is 0 Å². The normalized spacial score (nSPS) is 11.8. The Hall–Kier alpha value is -1.59. The van der Waals surface area contributed by atoms with Crippen molar-refractivity contribution in [1.29, 1.82) is 0 Å². The molecule has 62 valence electrons. The van der Waals surface area contributed by atoms with E-state index in [0.29, 0.717) is 0 Å². The van der Waals surface area contributed by atoms with Crippen molar-refractivity contribution < 1.29 is 14.5 Å². The number of nitro groups is 1. The fraction of sp³-hybridized carbons (Fsp3) is 0.400. The minimum absolute atomic E-state index is 0.165. The largest absolute Gasteiger partial charge is 0.461 e. The lowest BCUT2D eigenvalue weighted by Crippen LogP contribution is -2.17. The van der Waals surface area contributed by atoms with Crippen LogP contribution in [0.25, 0.3) is 0 Å². The second kappa shape index (κ2) is 3.55. The maximum Gasteiger partial charge on any atom is 0.411 e. The molecule has 0 unspecified atom stereocenters. The number of nitrogens with two attached hydrogens (primary N) is 1. The summed E-state index contributed by atoms with van der Waals surface area (Å²) in [5, 5.41) is 10.1. The first kappa shape index (κ1) is 9.41. The molecule has 0 amide bonds. The van der Waals surface area contributed by atoms with Crippen LogP contribution in [0.3, 0.4) is 0 Å². The predicted molar refractivity (Wildman–Crippen MR) is 35.9 cm³/mol. The Morgan fingerprint density at radius 2 is 2.09 bits per heavy atom. The number of rotatable bonds is 2. The van der Waals surface area contributed by atoms with Crippen LogP contribution in [0.1, 0.15) is 6.92 Å². The van der Waals surface area contributed by atoms with Gasteiger partial charge in [-0.3, -0.25) is 10.1 Å².